The number of likely N-dealkylation sites (tertiary alicyclic amines) is 1. The lowest BCUT2D eigenvalue weighted by Crippen LogP contribution is -2.44. The molecule has 0 unspecified atom stereocenters. The van der Waals surface area contributed by atoms with E-state index in [1.54, 1.807) is 12.3 Å². The Kier molecular flexibility index (Phi) is 8.01. The number of para-hydroxylation sites is 1. The van der Waals surface area contributed by atoms with E-state index in [2.05, 4.69) is 36.4 Å². The molecule has 1 aliphatic heterocycles. The number of hydrogen-bond acceptors (Lipinski definition) is 5. The number of pyridine rings is 1. The van der Waals surface area contributed by atoms with E-state index in [9.17, 15) is 9.59 Å². The third kappa shape index (κ3) is 7.14. The van der Waals surface area contributed by atoms with Crippen molar-refractivity contribution in [2.24, 2.45) is 5.92 Å². The second-order valence-electron chi connectivity index (χ2n) is 6.91. The predicted octanol–water partition coefficient (Wildman–Crippen LogP) is 2.69. The lowest BCUT2D eigenvalue weighted by atomic mass is 9.96. The van der Waals surface area contributed by atoms with Crippen LogP contribution in [0, 0.1) is 5.92 Å². The molecule has 1 aliphatic rings. The summed E-state index contributed by atoms with van der Waals surface area (Å²) in [6.07, 6.45) is 3.11. The van der Waals surface area contributed by atoms with Crippen molar-refractivity contribution in [2.45, 2.75) is 12.8 Å². The molecule has 29 heavy (non-hydrogen) atoms. The number of amides is 2. The Balaban J connectivity index is 1.31. The molecule has 3 rings (SSSR count). The lowest BCUT2D eigenvalue weighted by molar-refractivity contribution is -0.123. The highest BCUT2D eigenvalue weighted by molar-refractivity contribution is 9.10. The summed E-state index contributed by atoms with van der Waals surface area (Å²) >= 11 is 3.32. The molecule has 2 amide bonds. The first-order chi connectivity index (χ1) is 14.1. The number of anilines is 1. The number of nitrogens with zero attached hydrogens (tertiary/aromatic N) is 2. The molecule has 0 aliphatic carbocycles. The molecule has 0 radical (unpaired) electrons. The minimum atomic E-state index is -0.0565. The number of carbonyl (C=O) groups is 2. The van der Waals surface area contributed by atoms with Gasteiger partial charge in [-0.2, -0.15) is 0 Å². The van der Waals surface area contributed by atoms with Gasteiger partial charge in [-0.25, -0.2) is 4.98 Å². The molecule has 0 spiro atoms. The van der Waals surface area contributed by atoms with E-state index in [1.807, 2.05) is 36.4 Å². The Morgan fingerprint density at radius 1 is 1.14 bits per heavy atom. The molecular formula is C21H25BrN4O3. The lowest BCUT2D eigenvalue weighted by Gasteiger charge is -2.30. The average Bonchev–Trinajstić information content (AvgIpc) is 2.74. The standard InChI is InChI=1S/C21H25BrN4O3/c22-17-6-7-19(24-14-17)25-21(28)16-8-11-26(12-9-16)15-20(27)23-10-13-29-18-4-2-1-3-5-18/h1-7,14,16H,8-13,15H2,(H,23,27)(H,24,25,28). The topological polar surface area (TPSA) is 83.6 Å². The summed E-state index contributed by atoms with van der Waals surface area (Å²) in [6.45, 7) is 2.68. The quantitative estimate of drug-likeness (QED) is 0.591. The fraction of sp³-hybridized carbons (Fsp3) is 0.381. The highest BCUT2D eigenvalue weighted by Crippen LogP contribution is 2.19. The van der Waals surface area contributed by atoms with E-state index in [4.69, 9.17) is 4.74 Å². The third-order valence-electron chi connectivity index (χ3n) is 4.74. The predicted molar refractivity (Wildman–Crippen MR) is 115 cm³/mol. The van der Waals surface area contributed by atoms with Crippen molar-refractivity contribution in [1.29, 1.82) is 0 Å². The molecule has 1 saturated heterocycles. The Morgan fingerprint density at radius 2 is 1.90 bits per heavy atom. The molecule has 7 nitrogen and oxygen atoms in total. The fourth-order valence-corrected chi connectivity index (χ4v) is 3.40. The molecule has 2 aromatic rings. The van der Waals surface area contributed by atoms with Crippen LogP contribution in [0.2, 0.25) is 0 Å². The summed E-state index contributed by atoms with van der Waals surface area (Å²) in [7, 11) is 0. The van der Waals surface area contributed by atoms with Gasteiger partial charge in [-0.05, 0) is 66.1 Å². The zero-order valence-corrected chi connectivity index (χ0v) is 17.7. The molecular weight excluding hydrogens is 436 g/mol. The normalized spacial score (nSPS) is 14.9. The summed E-state index contributed by atoms with van der Waals surface area (Å²) in [6, 6.07) is 13.1. The number of carbonyl (C=O) groups excluding carboxylic acids is 2. The van der Waals surface area contributed by atoms with E-state index < -0.39 is 0 Å². The maximum atomic E-state index is 12.4. The van der Waals surface area contributed by atoms with Crippen molar-refractivity contribution in [3.05, 3.63) is 53.1 Å². The highest BCUT2D eigenvalue weighted by Gasteiger charge is 2.26. The molecule has 0 saturated carbocycles. The second-order valence-corrected chi connectivity index (χ2v) is 7.83. The van der Waals surface area contributed by atoms with Crippen molar-refractivity contribution in [3.63, 3.8) is 0 Å². The van der Waals surface area contributed by atoms with Gasteiger partial charge in [0.25, 0.3) is 0 Å². The first-order valence-corrected chi connectivity index (χ1v) is 10.5. The number of nitrogens with one attached hydrogen (secondary N) is 2. The van der Waals surface area contributed by atoms with Gasteiger partial charge in [-0.3, -0.25) is 14.5 Å². The van der Waals surface area contributed by atoms with Gasteiger partial charge in [0, 0.05) is 16.6 Å². The van der Waals surface area contributed by atoms with E-state index >= 15 is 0 Å². The second kappa shape index (κ2) is 10.9. The molecule has 8 heteroatoms. The van der Waals surface area contributed by atoms with Crippen LogP contribution in [0.25, 0.3) is 0 Å². The Morgan fingerprint density at radius 3 is 2.59 bits per heavy atom. The number of aromatic nitrogens is 1. The number of halogens is 1. The minimum Gasteiger partial charge on any atom is -0.492 e. The summed E-state index contributed by atoms with van der Waals surface area (Å²) < 4.78 is 6.43. The van der Waals surface area contributed by atoms with Crippen LogP contribution in [0.1, 0.15) is 12.8 Å². The molecule has 1 aromatic carbocycles. The van der Waals surface area contributed by atoms with Crippen molar-refractivity contribution >= 4 is 33.6 Å². The Labute approximate surface area is 179 Å². The van der Waals surface area contributed by atoms with Crippen molar-refractivity contribution < 1.29 is 14.3 Å². The van der Waals surface area contributed by atoms with Gasteiger partial charge < -0.3 is 15.4 Å². The number of benzene rings is 1. The van der Waals surface area contributed by atoms with E-state index in [1.165, 1.54) is 0 Å². The van der Waals surface area contributed by atoms with E-state index in [0.29, 0.717) is 25.5 Å². The SMILES string of the molecule is O=C(CN1CCC(C(=O)Nc2ccc(Br)cn2)CC1)NCCOc1ccccc1. The summed E-state index contributed by atoms with van der Waals surface area (Å²) in [5.74, 6) is 1.25. The van der Waals surface area contributed by atoms with Crippen LogP contribution >= 0.6 is 15.9 Å². The van der Waals surface area contributed by atoms with Crippen LogP contribution in [0.5, 0.6) is 5.75 Å². The van der Waals surface area contributed by atoms with Gasteiger partial charge in [0.2, 0.25) is 11.8 Å². The van der Waals surface area contributed by atoms with Crippen LogP contribution < -0.4 is 15.4 Å². The molecule has 1 fully saturated rings. The van der Waals surface area contributed by atoms with Gasteiger partial charge in [0.15, 0.2) is 0 Å². The first kappa shape index (κ1) is 21.3. The van der Waals surface area contributed by atoms with Gasteiger partial charge in [0.05, 0.1) is 13.1 Å². The number of hydrogen-bond donors (Lipinski definition) is 2. The summed E-state index contributed by atoms with van der Waals surface area (Å²) in [4.78, 5) is 30.8. The number of piperidine rings is 1. The van der Waals surface area contributed by atoms with Crippen LogP contribution in [0.15, 0.2) is 53.1 Å². The largest absolute Gasteiger partial charge is 0.492 e. The number of rotatable bonds is 8. The molecule has 0 atom stereocenters. The van der Waals surface area contributed by atoms with Crippen LogP contribution in [0.4, 0.5) is 5.82 Å². The minimum absolute atomic E-state index is 0.0121. The van der Waals surface area contributed by atoms with Crippen LogP contribution in [-0.4, -0.2) is 54.5 Å². The average molecular weight is 461 g/mol. The maximum absolute atomic E-state index is 12.4. The highest BCUT2D eigenvalue weighted by atomic mass is 79.9. The van der Waals surface area contributed by atoms with Gasteiger partial charge in [-0.15, -0.1) is 0 Å². The fourth-order valence-electron chi connectivity index (χ4n) is 3.17. The molecule has 154 valence electrons. The molecule has 0 bridgehead atoms. The van der Waals surface area contributed by atoms with Gasteiger partial charge in [0.1, 0.15) is 18.2 Å². The number of ether oxygens (including phenoxy) is 1. The summed E-state index contributed by atoms with van der Waals surface area (Å²) in [5.41, 5.74) is 0. The van der Waals surface area contributed by atoms with Gasteiger partial charge in [-0.1, -0.05) is 18.2 Å². The zero-order valence-electron chi connectivity index (χ0n) is 16.1. The van der Waals surface area contributed by atoms with Crippen molar-refractivity contribution in [1.82, 2.24) is 15.2 Å². The van der Waals surface area contributed by atoms with Crippen molar-refractivity contribution in [2.75, 3.05) is 38.1 Å². The van der Waals surface area contributed by atoms with E-state index in [-0.39, 0.29) is 17.7 Å². The third-order valence-corrected chi connectivity index (χ3v) is 5.21. The molecule has 2 heterocycles. The monoisotopic (exact) mass is 460 g/mol. The Hall–Kier alpha value is -2.45. The Bertz CT molecular complexity index is 793. The zero-order chi connectivity index (χ0) is 20.5. The molecule has 2 N–H and O–H groups in total. The first-order valence-electron chi connectivity index (χ1n) is 9.69. The van der Waals surface area contributed by atoms with E-state index in [0.717, 1.165) is 36.2 Å². The van der Waals surface area contributed by atoms with Crippen LogP contribution in [-0.2, 0) is 9.59 Å². The molecule has 1 aromatic heterocycles. The maximum Gasteiger partial charge on any atom is 0.234 e. The van der Waals surface area contributed by atoms with Crippen LogP contribution in [0.3, 0.4) is 0 Å². The van der Waals surface area contributed by atoms with Crippen molar-refractivity contribution in [3.8, 4) is 5.75 Å². The van der Waals surface area contributed by atoms with Gasteiger partial charge >= 0.3 is 0 Å². The smallest absolute Gasteiger partial charge is 0.234 e. The summed E-state index contributed by atoms with van der Waals surface area (Å²) in [5, 5.41) is 5.73.